The molecule has 2 aliphatic heterocycles. The number of hydrogen-bond acceptors (Lipinski definition) is 7. The van der Waals surface area contributed by atoms with Crippen molar-refractivity contribution in [2.24, 2.45) is 17.3 Å². The highest BCUT2D eigenvalue weighted by Gasteiger charge is 2.64. The Balaban J connectivity index is 2.21. The highest BCUT2D eigenvalue weighted by molar-refractivity contribution is 6.01. The molecule has 0 aromatic heterocycles. The molecule has 2 fully saturated rings. The molecule has 1 aromatic carbocycles. The first-order chi connectivity index (χ1) is 21.4. The number of unbranched alkanes of at least 4 members (excludes halogenated alkanes) is 1. The Hall–Kier alpha value is -2.12. The van der Waals surface area contributed by atoms with Gasteiger partial charge in [-0.2, -0.15) is 0 Å². The number of rotatable bonds is 9. The number of nitrogens with zero attached hydrogens (tertiary/aromatic N) is 2. The van der Waals surface area contributed by atoms with Crippen molar-refractivity contribution < 1.29 is 24.2 Å². The smallest absolute Gasteiger partial charge is 0.324 e. The first-order valence-corrected chi connectivity index (χ1v) is 18.1. The van der Waals surface area contributed by atoms with E-state index in [1.807, 2.05) is 12.1 Å². The molecule has 4 atom stereocenters. The summed E-state index contributed by atoms with van der Waals surface area (Å²) in [4.78, 5) is 34.7. The Labute approximate surface area is 287 Å². The summed E-state index contributed by atoms with van der Waals surface area (Å²) < 4.78 is 12.5. The van der Waals surface area contributed by atoms with Crippen molar-refractivity contribution in [2.45, 2.75) is 169 Å². The van der Waals surface area contributed by atoms with Gasteiger partial charge in [0.1, 0.15) is 12.4 Å². The molecule has 0 aliphatic carbocycles. The minimum Gasteiger partial charge on any atom is -0.507 e. The summed E-state index contributed by atoms with van der Waals surface area (Å²) in [6, 6.07) is 4.27. The second-order valence-electron chi connectivity index (χ2n) is 18.3. The van der Waals surface area contributed by atoms with Gasteiger partial charge >= 0.3 is 11.9 Å². The molecule has 4 unspecified atom stereocenters. The zero-order valence-corrected chi connectivity index (χ0v) is 32.6. The Morgan fingerprint density at radius 2 is 1.21 bits per heavy atom. The average Bonchev–Trinajstić information content (AvgIpc) is 2.93. The lowest BCUT2D eigenvalue weighted by Gasteiger charge is -2.56. The van der Waals surface area contributed by atoms with Gasteiger partial charge in [-0.1, -0.05) is 54.9 Å². The van der Waals surface area contributed by atoms with E-state index in [1.54, 1.807) is 0 Å². The number of piperidine rings is 2. The summed E-state index contributed by atoms with van der Waals surface area (Å²) in [5.74, 6) is -1.06. The third-order valence-corrected chi connectivity index (χ3v) is 11.8. The van der Waals surface area contributed by atoms with Gasteiger partial charge in [-0.25, -0.2) is 0 Å². The first kappa shape index (κ1) is 39.3. The number of aromatic hydroxyl groups is 1. The molecule has 3 rings (SSSR count). The Kier molecular flexibility index (Phi) is 11.7. The molecule has 47 heavy (non-hydrogen) atoms. The molecule has 0 bridgehead atoms. The standard InChI is InChI=1S/C40H68N2O5/c1-16-17-18-46-34(44)40(29-19-26(2)41(14)38(10,11)23-29,30-20-27(3)42(15)39(12,13)24-30)35(45)47-25-28-21-31(36(4,5)6)33(43)32(22-28)37(7,8)9/h21-22,26-27,29-30,43H,16-20,23-25H2,1-15H3. The molecule has 2 saturated heterocycles. The van der Waals surface area contributed by atoms with Crippen molar-refractivity contribution in [3.8, 4) is 5.75 Å². The summed E-state index contributed by atoms with van der Waals surface area (Å²) in [6.45, 7) is 28.1. The average molecular weight is 657 g/mol. The lowest BCUT2D eigenvalue weighted by atomic mass is 9.55. The predicted molar refractivity (Wildman–Crippen MR) is 192 cm³/mol. The van der Waals surface area contributed by atoms with Gasteiger partial charge in [0, 0.05) is 23.2 Å². The van der Waals surface area contributed by atoms with Crippen LogP contribution in [-0.2, 0) is 36.5 Å². The summed E-state index contributed by atoms with van der Waals surface area (Å²) in [5, 5.41) is 11.3. The maximum Gasteiger partial charge on any atom is 0.324 e. The van der Waals surface area contributed by atoms with Gasteiger partial charge in [-0.05, 0) is 139 Å². The third kappa shape index (κ3) is 8.03. The van der Waals surface area contributed by atoms with Crippen molar-refractivity contribution in [3.63, 3.8) is 0 Å². The molecule has 0 amide bonds. The molecule has 1 N–H and O–H groups in total. The zero-order chi connectivity index (χ0) is 35.9. The molecule has 7 nitrogen and oxygen atoms in total. The van der Waals surface area contributed by atoms with Crippen molar-refractivity contribution in [3.05, 3.63) is 28.8 Å². The molecule has 0 saturated carbocycles. The first-order valence-electron chi connectivity index (χ1n) is 18.1. The number of ether oxygens (including phenoxy) is 2. The van der Waals surface area contributed by atoms with E-state index in [-0.39, 0.29) is 52.4 Å². The largest absolute Gasteiger partial charge is 0.507 e. The predicted octanol–water partition coefficient (Wildman–Crippen LogP) is 8.38. The van der Waals surface area contributed by atoms with E-state index in [2.05, 4.69) is 114 Å². The van der Waals surface area contributed by atoms with Crippen molar-refractivity contribution in [2.75, 3.05) is 20.7 Å². The number of hydrogen-bond donors (Lipinski definition) is 1. The van der Waals surface area contributed by atoms with E-state index in [4.69, 9.17) is 9.47 Å². The van der Waals surface area contributed by atoms with Crippen LogP contribution in [0.5, 0.6) is 5.75 Å². The van der Waals surface area contributed by atoms with Crippen molar-refractivity contribution in [1.82, 2.24) is 9.80 Å². The van der Waals surface area contributed by atoms with Crippen LogP contribution in [0.4, 0.5) is 0 Å². The van der Waals surface area contributed by atoms with Crippen LogP contribution in [0, 0.1) is 17.3 Å². The molecule has 2 heterocycles. The minimum atomic E-state index is -1.44. The van der Waals surface area contributed by atoms with Crippen LogP contribution in [0.2, 0.25) is 0 Å². The van der Waals surface area contributed by atoms with Crippen LogP contribution < -0.4 is 0 Å². The number of likely N-dealkylation sites (tertiary alicyclic amines) is 2. The number of phenolic OH excluding ortho intramolecular Hbond substituents is 1. The van der Waals surface area contributed by atoms with E-state index in [0.29, 0.717) is 38.0 Å². The molecule has 7 heteroatoms. The second kappa shape index (κ2) is 14.0. The minimum absolute atomic E-state index is 0.0202. The summed E-state index contributed by atoms with van der Waals surface area (Å²) in [5.41, 5.74) is -0.0615. The summed E-state index contributed by atoms with van der Waals surface area (Å²) in [6.07, 6.45) is 4.44. The van der Waals surface area contributed by atoms with Gasteiger partial charge in [-0.15, -0.1) is 0 Å². The van der Waals surface area contributed by atoms with Crippen LogP contribution in [-0.4, -0.2) is 70.7 Å². The van der Waals surface area contributed by atoms with Crippen LogP contribution in [0.1, 0.15) is 145 Å². The van der Waals surface area contributed by atoms with Crippen molar-refractivity contribution in [1.29, 1.82) is 0 Å². The van der Waals surface area contributed by atoms with Crippen LogP contribution >= 0.6 is 0 Å². The molecule has 0 radical (unpaired) electrons. The maximum absolute atomic E-state index is 15.1. The van der Waals surface area contributed by atoms with E-state index in [9.17, 15) is 9.90 Å². The SMILES string of the molecule is CCCCOC(=O)C(C(=O)OCc1cc(C(C)(C)C)c(O)c(C(C)(C)C)c1)(C1CC(C)N(C)C(C)(C)C1)C1CC(C)N(C)C(C)(C)C1. The second-order valence-corrected chi connectivity index (χ2v) is 18.3. The number of carbonyl (C=O) groups is 2. The van der Waals surface area contributed by atoms with Gasteiger partial charge in [0.15, 0.2) is 5.41 Å². The van der Waals surface area contributed by atoms with Gasteiger partial charge in [-0.3, -0.25) is 19.4 Å². The highest BCUT2D eigenvalue weighted by Crippen LogP contribution is 2.54. The lowest BCUT2D eigenvalue weighted by molar-refractivity contribution is -0.194. The number of esters is 2. The molecule has 0 spiro atoms. The Morgan fingerprint density at radius 1 is 0.809 bits per heavy atom. The molecule has 2 aliphatic rings. The van der Waals surface area contributed by atoms with Crippen LogP contribution in [0.25, 0.3) is 0 Å². The molecular formula is C40H68N2O5. The fraction of sp³-hybridized carbons (Fsp3) is 0.800. The Bertz CT molecular complexity index is 1200. The zero-order valence-electron chi connectivity index (χ0n) is 32.6. The van der Waals surface area contributed by atoms with Gasteiger partial charge in [0.05, 0.1) is 6.61 Å². The molecule has 268 valence electrons. The highest BCUT2D eigenvalue weighted by atomic mass is 16.6. The molecular weight excluding hydrogens is 588 g/mol. The van der Waals surface area contributed by atoms with E-state index < -0.39 is 17.4 Å². The maximum atomic E-state index is 15.1. The topological polar surface area (TPSA) is 79.3 Å². The van der Waals surface area contributed by atoms with E-state index >= 15 is 4.79 Å². The van der Waals surface area contributed by atoms with Gasteiger partial charge in [0.25, 0.3) is 0 Å². The number of phenols is 1. The van der Waals surface area contributed by atoms with Crippen molar-refractivity contribution >= 4 is 11.9 Å². The summed E-state index contributed by atoms with van der Waals surface area (Å²) >= 11 is 0. The Morgan fingerprint density at radius 3 is 1.57 bits per heavy atom. The molecule has 1 aromatic rings. The van der Waals surface area contributed by atoms with E-state index in [0.717, 1.165) is 29.5 Å². The summed E-state index contributed by atoms with van der Waals surface area (Å²) in [7, 11) is 4.29. The fourth-order valence-corrected chi connectivity index (χ4v) is 8.39. The number of benzene rings is 1. The normalized spacial score (nSPS) is 26.8. The number of carbonyl (C=O) groups excluding carboxylic acids is 2. The van der Waals surface area contributed by atoms with Gasteiger partial charge in [0.2, 0.25) is 0 Å². The lowest BCUT2D eigenvalue weighted by Crippen LogP contribution is -2.64. The van der Waals surface area contributed by atoms with Gasteiger partial charge < -0.3 is 14.6 Å². The third-order valence-electron chi connectivity index (χ3n) is 11.8. The van der Waals surface area contributed by atoms with E-state index in [1.165, 1.54) is 0 Å². The fourth-order valence-electron chi connectivity index (χ4n) is 8.39. The van der Waals surface area contributed by atoms with Crippen LogP contribution in [0.15, 0.2) is 12.1 Å². The van der Waals surface area contributed by atoms with Crippen LogP contribution in [0.3, 0.4) is 0 Å². The monoisotopic (exact) mass is 657 g/mol. The quantitative estimate of drug-likeness (QED) is 0.163.